The van der Waals surface area contributed by atoms with E-state index in [-0.39, 0.29) is 5.84 Å². The molecule has 0 fully saturated rings. The molecule has 0 aliphatic rings. The zero-order valence-electron chi connectivity index (χ0n) is 7.58. The Bertz CT molecular complexity index is 299. The van der Waals surface area contributed by atoms with E-state index in [9.17, 15) is 0 Å². The number of nitrogens with zero attached hydrogens (tertiary/aromatic N) is 1. The van der Waals surface area contributed by atoms with E-state index in [1.165, 1.54) is 0 Å². The van der Waals surface area contributed by atoms with E-state index in [1.807, 2.05) is 13.0 Å². The highest BCUT2D eigenvalue weighted by atomic mass is 16.5. The minimum Gasteiger partial charge on any atom is -0.492 e. The third-order valence-electron chi connectivity index (χ3n) is 1.55. The number of ether oxygens (including phenoxy) is 1. The highest BCUT2D eigenvalue weighted by molar-refractivity contribution is 5.80. The van der Waals surface area contributed by atoms with Crippen LogP contribution in [0, 0.1) is 5.41 Å². The topological polar surface area (TPSA) is 72.0 Å². The fraction of sp³-hybridized carbons (Fsp3) is 0.333. The third-order valence-corrected chi connectivity index (χ3v) is 1.55. The Balaban J connectivity index is 2.84. The van der Waals surface area contributed by atoms with Gasteiger partial charge in [-0.2, -0.15) is 0 Å². The van der Waals surface area contributed by atoms with Crippen molar-refractivity contribution in [2.24, 2.45) is 5.73 Å². The molecule has 0 saturated heterocycles. The summed E-state index contributed by atoms with van der Waals surface area (Å²) in [6, 6.07) is 1.81. The number of hydrogen-bond donors (Lipinski definition) is 2. The van der Waals surface area contributed by atoms with Gasteiger partial charge in [-0.3, -0.25) is 10.4 Å². The van der Waals surface area contributed by atoms with Crippen molar-refractivity contribution in [1.82, 2.24) is 4.98 Å². The molecule has 0 amide bonds. The molecule has 0 aromatic carbocycles. The molecule has 1 aromatic rings. The fourth-order valence-corrected chi connectivity index (χ4v) is 1.05. The summed E-state index contributed by atoms with van der Waals surface area (Å²) in [6.07, 6.45) is 3.72. The van der Waals surface area contributed by atoms with Crippen LogP contribution in [-0.4, -0.2) is 17.4 Å². The first kappa shape index (κ1) is 9.51. The lowest BCUT2D eigenvalue weighted by molar-refractivity contribution is 0.336. The quantitative estimate of drug-likeness (QED) is 0.534. The molecule has 1 heterocycles. The van der Waals surface area contributed by atoms with Crippen LogP contribution >= 0.6 is 0 Å². The number of hydrogen-bond acceptors (Lipinski definition) is 3. The Morgan fingerprint density at radius 3 is 3.08 bits per heavy atom. The smallest absolute Gasteiger partial charge is 0.141 e. The SMILES string of the molecule is CCOc1cnccc1CC(=N)N. The van der Waals surface area contributed by atoms with Gasteiger partial charge in [0.2, 0.25) is 0 Å². The van der Waals surface area contributed by atoms with Gasteiger partial charge < -0.3 is 10.5 Å². The molecule has 1 rings (SSSR count). The zero-order chi connectivity index (χ0) is 9.68. The molecule has 0 saturated carbocycles. The third kappa shape index (κ3) is 2.74. The van der Waals surface area contributed by atoms with Gasteiger partial charge in [0.25, 0.3) is 0 Å². The van der Waals surface area contributed by atoms with Crippen molar-refractivity contribution in [2.75, 3.05) is 6.61 Å². The van der Waals surface area contributed by atoms with E-state index in [0.29, 0.717) is 18.8 Å². The van der Waals surface area contributed by atoms with Crippen molar-refractivity contribution in [3.05, 3.63) is 24.0 Å². The van der Waals surface area contributed by atoms with Gasteiger partial charge in [0.15, 0.2) is 0 Å². The van der Waals surface area contributed by atoms with Crippen molar-refractivity contribution in [3.63, 3.8) is 0 Å². The summed E-state index contributed by atoms with van der Waals surface area (Å²) in [5.74, 6) is 0.840. The Morgan fingerprint density at radius 1 is 1.69 bits per heavy atom. The summed E-state index contributed by atoms with van der Waals surface area (Å²) in [6.45, 7) is 2.50. The zero-order valence-corrected chi connectivity index (χ0v) is 7.58. The molecule has 3 N–H and O–H groups in total. The Hall–Kier alpha value is -1.58. The van der Waals surface area contributed by atoms with Gasteiger partial charge in [-0.25, -0.2) is 0 Å². The first-order valence-corrected chi connectivity index (χ1v) is 4.12. The molecule has 0 radical (unpaired) electrons. The highest BCUT2D eigenvalue weighted by Gasteiger charge is 2.03. The van der Waals surface area contributed by atoms with Crippen LogP contribution in [0.2, 0.25) is 0 Å². The number of pyridine rings is 1. The summed E-state index contributed by atoms with van der Waals surface area (Å²) >= 11 is 0. The lowest BCUT2D eigenvalue weighted by Crippen LogP contribution is -2.13. The Morgan fingerprint density at radius 2 is 2.46 bits per heavy atom. The van der Waals surface area contributed by atoms with Crippen LogP contribution in [0.3, 0.4) is 0 Å². The van der Waals surface area contributed by atoms with E-state index >= 15 is 0 Å². The maximum absolute atomic E-state index is 7.16. The molecular formula is C9H13N3O. The minimum absolute atomic E-state index is 0.132. The number of nitrogens with one attached hydrogen (secondary N) is 1. The molecule has 0 unspecified atom stereocenters. The summed E-state index contributed by atoms with van der Waals surface area (Å²) in [7, 11) is 0. The average molecular weight is 179 g/mol. The number of amidine groups is 1. The second kappa shape index (κ2) is 4.45. The Labute approximate surface area is 77.2 Å². The summed E-state index contributed by atoms with van der Waals surface area (Å²) in [5, 5.41) is 7.16. The van der Waals surface area contributed by atoms with Crippen molar-refractivity contribution in [1.29, 1.82) is 5.41 Å². The number of nitrogens with two attached hydrogens (primary N) is 1. The highest BCUT2D eigenvalue weighted by Crippen LogP contribution is 2.16. The molecule has 4 heteroatoms. The lowest BCUT2D eigenvalue weighted by atomic mass is 10.2. The van der Waals surface area contributed by atoms with Crippen LogP contribution in [0.1, 0.15) is 12.5 Å². The van der Waals surface area contributed by atoms with Crippen molar-refractivity contribution in [2.45, 2.75) is 13.3 Å². The van der Waals surface area contributed by atoms with E-state index in [1.54, 1.807) is 12.4 Å². The van der Waals surface area contributed by atoms with E-state index in [4.69, 9.17) is 15.9 Å². The van der Waals surface area contributed by atoms with E-state index in [2.05, 4.69) is 4.98 Å². The first-order valence-electron chi connectivity index (χ1n) is 4.12. The largest absolute Gasteiger partial charge is 0.492 e. The molecule has 0 aliphatic heterocycles. The van der Waals surface area contributed by atoms with Gasteiger partial charge >= 0.3 is 0 Å². The molecule has 0 spiro atoms. The van der Waals surface area contributed by atoms with Crippen LogP contribution in [0.15, 0.2) is 18.5 Å². The molecule has 4 nitrogen and oxygen atoms in total. The molecule has 0 atom stereocenters. The minimum atomic E-state index is 0.132. The second-order valence-corrected chi connectivity index (χ2v) is 2.62. The van der Waals surface area contributed by atoms with Crippen LogP contribution in [-0.2, 0) is 6.42 Å². The number of aromatic nitrogens is 1. The first-order chi connectivity index (χ1) is 6.24. The Kier molecular flexibility index (Phi) is 3.25. The van der Waals surface area contributed by atoms with Gasteiger partial charge in [-0.15, -0.1) is 0 Å². The maximum atomic E-state index is 7.16. The molecule has 13 heavy (non-hydrogen) atoms. The van der Waals surface area contributed by atoms with E-state index < -0.39 is 0 Å². The predicted octanol–water partition coefficient (Wildman–Crippen LogP) is 0.959. The lowest BCUT2D eigenvalue weighted by Gasteiger charge is -2.07. The van der Waals surface area contributed by atoms with Crippen LogP contribution in [0.25, 0.3) is 0 Å². The molecule has 0 aliphatic carbocycles. The fourth-order valence-electron chi connectivity index (χ4n) is 1.05. The van der Waals surface area contributed by atoms with Gasteiger partial charge in [0, 0.05) is 18.2 Å². The second-order valence-electron chi connectivity index (χ2n) is 2.62. The van der Waals surface area contributed by atoms with Crippen molar-refractivity contribution < 1.29 is 4.74 Å². The maximum Gasteiger partial charge on any atom is 0.141 e. The molecule has 70 valence electrons. The van der Waals surface area contributed by atoms with Crippen LogP contribution in [0.5, 0.6) is 5.75 Å². The van der Waals surface area contributed by atoms with Crippen molar-refractivity contribution in [3.8, 4) is 5.75 Å². The predicted molar refractivity (Wildman–Crippen MR) is 51.0 cm³/mol. The number of rotatable bonds is 4. The summed E-state index contributed by atoms with van der Waals surface area (Å²) < 4.78 is 5.32. The van der Waals surface area contributed by atoms with Gasteiger partial charge in [0.1, 0.15) is 5.75 Å². The van der Waals surface area contributed by atoms with Gasteiger partial charge in [0.05, 0.1) is 18.6 Å². The normalized spacial score (nSPS) is 9.62. The molecular weight excluding hydrogens is 166 g/mol. The monoisotopic (exact) mass is 179 g/mol. The van der Waals surface area contributed by atoms with Crippen molar-refractivity contribution >= 4 is 5.84 Å². The van der Waals surface area contributed by atoms with Gasteiger partial charge in [-0.05, 0) is 13.0 Å². The average Bonchev–Trinajstić information content (AvgIpc) is 2.08. The standard InChI is InChI=1S/C9H13N3O/c1-2-13-8-6-12-4-3-7(8)5-9(10)11/h3-4,6H,2,5H2,1H3,(H3,10,11). The summed E-state index contributed by atoms with van der Waals surface area (Å²) in [5.41, 5.74) is 6.20. The van der Waals surface area contributed by atoms with E-state index in [0.717, 1.165) is 5.56 Å². The van der Waals surface area contributed by atoms with Gasteiger partial charge in [-0.1, -0.05) is 0 Å². The molecule has 0 bridgehead atoms. The molecule has 1 aromatic heterocycles. The summed E-state index contributed by atoms with van der Waals surface area (Å²) in [4.78, 5) is 3.93. The van der Waals surface area contributed by atoms with Crippen LogP contribution < -0.4 is 10.5 Å². The van der Waals surface area contributed by atoms with Crippen LogP contribution in [0.4, 0.5) is 0 Å².